The highest BCUT2D eigenvalue weighted by Crippen LogP contribution is 2.07. The summed E-state index contributed by atoms with van der Waals surface area (Å²) < 4.78 is 1.88. The van der Waals surface area contributed by atoms with Crippen LogP contribution in [0.4, 0.5) is 0 Å². The van der Waals surface area contributed by atoms with Gasteiger partial charge in [-0.1, -0.05) is 18.3 Å². The summed E-state index contributed by atoms with van der Waals surface area (Å²) in [6.07, 6.45) is 5.10. The fourth-order valence-corrected chi connectivity index (χ4v) is 1.72. The van der Waals surface area contributed by atoms with Crippen molar-refractivity contribution in [3.05, 3.63) is 64.3 Å². The first kappa shape index (κ1) is 11.5. The summed E-state index contributed by atoms with van der Waals surface area (Å²) in [4.78, 5) is 15.4. The van der Waals surface area contributed by atoms with Crippen LogP contribution in [0.15, 0.2) is 47.7 Å². The van der Waals surface area contributed by atoms with Crippen LogP contribution in [0, 0.1) is 0 Å². The summed E-state index contributed by atoms with van der Waals surface area (Å²) in [6, 6.07) is 6.77. The first-order valence-electron chi connectivity index (χ1n) is 5.06. The Labute approximate surface area is 104 Å². The minimum Gasteiger partial charge on any atom is -0.388 e. The van der Waals surface area contributed by atoms with E-state index in [0.717, 1.165) is 5.56 Å². The average Bonchev–Trinajstić information content (AvgIpc) is 2.32. The van der Waals surface area contributed by atoms with Crippen molar-refractivity contribution in [2.24, 2.45) is 5.73 Å². The van der Waals surface area contributed by atoms with Gasteiger partial charge in [0.1, 0.15) is 10.7 Å². The van der Waals surface area contributed by atoms with Gasteiger partial charge in [-0.3, -0.25) is 9.78 Å². The molecule has 5 heteroatoms. The van der Waals surface area contributed by atoms with Gasteiger partial charge in [-0.15, -0.1) is 0 Å². The molecule has 0 radical (unpaired) electrons. The molecule has 0 aliphatic heterocycles. The van der Waals surface area contributed by atoms with Crippen molar-refractivity contribution in [3.63, 3.8) is 0 Å². The Balaban J connectivity index is 2.33. The van der Waals surface area contributed by atoms with Crippen LogP contribution in [0.5, 0.6) is 0 Å². The second kappa shape index (κ2) is 4.88. The zero-order valence-corrected chi connectivity index (χ0v) is 9.85. The predicted molar refractivity (Wildman–Crippen MR) is 69.9 cm³/mol. The monoisotopic (exact) mass is 245 g/mol. The van der Waals surface area contributed by atoms with Crippen molar-refractivity contribution < 1.29 is 0 Å². The molecular weight excluding hydrogens is 234 g/mol. The molecule has 0 spiro atoms. The number of hydrogen-bond donors (Lipinski definition) is 1. The van der Waals surface area contributed by atoms with Crippen LogP contribution < -0.4 is 11.2 Å². The SMILES string of the molecule is NC(=S)c1ncccc1Cn1ccc(=O)cc1. The van der Waals surface area contributed by atoms with E-state index < -0.39 is 0 Å². The molecule has 2 aromatic heterocycles. The van der Waals surface area contributed by atoms with E-state index in [1.807, 2.05) is 16.7 Å². The average molecular weight is 245 g/mol. The van der Waals surface area contributed by atoms with Crippen LogP contribution >= 0.6 is 12.2 Å². The molecule has 86 valence electrons. The van der Waals surface area contributed by atoms with Gasteiger partial charge >= 0.3 is 0 Å². The lowest BCUT2D eigenvalue weighted by molar-refractivity contribution is 0.783. The van der Waals surface area contributed by atoms with Gasteiger partial charge in [0, 0.05) is 42.8 Å². The van der Waals surface area contributed by atoms with Crippen molar-refractivity contribution in [2.75, 3.05) is 0 Å². The highest BCUT2D eigenvalue weighted by Gasteiger charge is 2.05. The van der Waals surface area contributed by atoms with Gasteiger partial charge < -0.3 is 10.3 Å². The molecule has 0 saturated carbocycles. The van der Waals surface area contributed by atoms with E-state index in [-0.39, 0.29) is 10.4 Å². The Morgan fingerprint density at radius 3 is 2.71 bits per heavy atom. The van der Waals surface area contributed by atoms with Crippen LogP contribution in [0.25, 0.3) is 0 Å². The maximum atomic E-state index is 11.0. The fraction of sp³-hybridized carbons (Fsp3) is 0.0833. The maximum absolute atomic E-state index is 11.0. The lowest BCUT2D eigenvalue weighted by Gasteiger charge is -2.09. The molecular formula is C12H11N3OS. The van der Waals surface area contributed by atoms with Crippen molar-refractivity contribution in [1.82, 2.24) is 9.55 Å². The van der Waals surface area contributed by atoms with Gasteiger partial charge in [0.25, 0.3) is 0 Å². The minimum atomic E-state index is -0.0120. The number of pyridine rings is 2. The largest absolute Gasteiger partial charge is 0.388 e. The molecule has 2 N–H and O–H groups in total. The summed E-state index contributed by atoms with van der Waals surface area (Å²) >= 11 is 4.94. The number of thiocarbonyl (C=S) groups is 1. The highest BCUT2D eigenvalue weighted by atomic mass is 32.1. The first-order valence-corrected chi connectivity index (χ1v) is 5.47. The van der Waals surface area contributed by atoms with E-state index in [1.165, 1.54) is 12.1 Å². The van der Waals surface area contributed by atoms with E-state index in [0.29, 0.717) is 12.2 Å². The molecule has 17 heavy (non-hydrogen) atoms. The van der Waals surface area contributed by atoms with Gasteiger partial charge in [-0.25, -0.2) is 0 Å². The molecule has 2 rings (SSSR count). The molecule has 0 unspecified atom stereocenters. The van der Waals surface area contributed by atoms with Gasteiger partial charge in [0.2, 0.25) is 0 Å². The van der Waals surface area contributed by atoms with Crippen molar-refractivity contribution in [1.29, 1.82) is 0 Å². The lowest BCUT2D eigenvalue weighted by atomic mass is 10.2. The van der Waals surface area contributed by atoms with Crippen molar-refractivity contribution in [3.8, 4) is 0 Å². The molecule has 4 nitrogen and oxygen atoms in total. The minimum absolute atomic E-state index is 0.0120. The number of nitrogens with two attached hydrogens (primary N) is 1. The second-order valence-corrected chi connectivity index (χ2v) is 4.02. The molecule has 0 aliphatic rings. The lowest BCUT2D eigenvalue weighted by Crippen LogP contribution is -2.16. The molecule has 0 fully saturated rings. The number of rotatable bonds is 3. The van der Waals surface area contributed by atoms with Gasteiger partial charge in [-0.05, 0) is 6.07 Å². The summed E-state index contributed by atoms with van der Waals surface area (Å²) in [5.41, 5.74) is 7.15. The highest BCUT2D eigenvalue weighted by molar-refractivity contribution is 7.80. The quantitative estimate of drug-likeness (QED) is 0.817. The Kier molecular flexibility index (Phi) is 3.30. The van der Waals surface area contributed by atoms with Crippen LogP contribution in [0.1, 0.15) is 11.3 Å². The third kappa shape index (κ3) is 2.76. The molecule has 0 aliphatic carbocycles. The van der Waals surface area contributed by atoms with Crippen LogP contribution in [0.2, 0.25) is 0 Å². The zero-order chi connectivity index (χ0) is 12.3. The molecule has 2 heterocycles. The predicted octanol–water partition coefficient (Wildman–Crippen LogP) is 0.926. The number of nitrogens with zero attached hydrogens (tertiary/aromatic N) is 2. The third-order valence-electron chi connectivity index (χ3n) is 2.34. The Morgan fingerprint density at radius 1 is 1.35 bits per heavy atom. The summed E-state index contributed by atoms with van der Waals surface area (Å²) in [5, 5.41) is 0. The molecule has 0 amide bonds. The molecule has 0 aromatic carbocycles. The van der Waals surface area contributed by atoms with Gasteiger partial charge in [0.05, 0.1) is 0 Å². The summed E-state index contributed by atoms with van der Waals surface area (Å²) in [6.45, 7) is 0.584. The van der Waals surface area contributed by atoms with Crippen LogP contribution in [-0.4, -0.2) is 14.5 Å². The summed E-state index contributed by atoms with van der Waals surface area (Å²) in [7, 11) is 0. The smallest absolute Gasteiger partial charge is 0.181 e. The maximum Gasteiger partial charge on any atom is 0.181 e. The Morgan fingerprint density at radius 2 is 2.06 bits per heavy atom. The molecule has 0 atom stereocenters. The molecule has 0 saturated heterocycles. The van der Waals surface area contributed by atoms with E-state index in [2.05, 4.69) is 4.98 Å². The first-order chi connectivity index (χ1) is 8.16. The third-order valence-corrected chi connectivity index (χ3v) is 2.53. The summed E-state index contributed by atoms with van der Waals surface area (Å²) in [5.74, 6) is 0. The van der Waals surface area contributed by atoms with E-state index >= 15 is 0 Å². The number of aromatic nitrogens is 2. The van der Waals surface area contributed by atoms with Crippen LogP contribution in [-0.2, 0) is 6.54 Å². The fourth-order valence-electron chi connectivity index (χ4n) is 1.53. The molecule has 0 bridgehead atoms. The molecule has 2 aromatic rings. The number of hydrogen-bond acceptors (Lipinski definition) is 3. The second-order valence-electron chi connectivity index (χ2n) is 3.58. The Hall–Kier alpha value is -2.01. The Bertz CT molecular complexity index is 586. The van der Waals surface area contributed by atoms with Crippen molar-refractivity contribution >= 4 is 17.2 Å². The van der Waals surface area contributed by atoms with E-state index in [4.69, 9.17) is 18.0 Å². The van der Waals surface area contributed by atoms with E-state index in [9.17, 15) is 4.79 Å². The normalized spacial score (nSPS) is 10.1. The van der Waals surface area contributed by atoms with E-state index in [1.54, 1.807) is 18.6 Å². The standard InChI is InChI=1S/C12H11N3OS/c13-12(17)11-9(2-1-5-14-11)8-15-6-3-10(16)4-7-15/h1-7H,8H2,(H2,13,17). The van der Waals surface area contributed by atoms with Crippen molar-refractivity contribution in [2.45, 2.75) is 6.54 Å². The zero-order valence-electron chi connectivity index (χ0n) is 9.04. The van der Waals surface area contributed by atoms with Gasteiger partial charge in [-0.2, -0.15) is 0 Å². The van der Waals surface area contributed by atoms with Crippen LogP contribution in [0.3, 0.4) is 0 Å². The van der Waals surface area contributed by atoms with Gasteiger partial charge in [0.15, 0.2) is 5.43 Å². The topological polar surface area (TPSA) is 60.9 Å².